The number of aliphatic hydroxyl groups is 1. The molecule has 0 aliphatic carbocycles. The van der Waals surface area contributed by atoms with Crippen LogP contribution in [0.15, 0.2) is 51.7 Å². The Morgan fingerprint density at radius 1 is 1.17 bits per heavy atom. The topological polar surface area (TPSA) is 53.7 Å². The van der Waals surface area contributed by atoms with Crippen LogP contribution in [0.3, 0.4) is 0 Å². The molecule has 2 aromatic carbocycles. The third-order valence-corrected chi connectivity index (χ3v) is 3.81. The predicted molar refractivity (Wildman–Crippen MR) is 92.6 cm³/mol. The lowest BCUT2D eigenvalue weighted by molar-refractivity contribution is 0.0426. The van der Waals surface area contributed by atoms with Gasteiger partial charge in [0.2, 0.25) is 0 Å². The van der Waals surface area contributed by atoms with Gasteiger partial charge in [-0.25, -0.2) is 4.79 Å². The molecule has 120 valence electrons. The first-order chi connectivity index (χ1) is 10.8. The Balaban J connectivity index is 2.15. The van der Waals surface area contributed by atoms with E-state index in [1.165, 1.54) is 0 Å². The van der Waals surface area contributed by atoms with Gasteiger partial charge in [0.25, 0.3) is 0 Å². The highest BCUT2D eigenvalue weighted by atomic mass is 16.4. The second-order valence-electron chi connectivity index (χ2n) is 6.74. The molecule has 0 radical (unpaired) electrons. The number of rotatable bonds is 4. The maximum Gasteiger partial charge on any atom is 0.336 e. The minimum Gasteiger partial charge on any atom is -0.423 e. The quantitative estimate of drug-likeness (QED) is 0.594. The molecule has 0 fully saturated rings. The van der Waals surface area contributed by atoms with Gasteiger partial charge in [-0.3, -0.25) is 4.90 Å². The molecule has 3 rings (SSSR count). The second-order valence-corrected chi connectivity index (χ2v) is 6.74. The Bertz CT molecular complexity index is 906. The minimum absolute atomic E-state index is 0.348. The standard InChI is InChI=1S/C19H21NO3/c1-19(2,22)12-20(3)11-14-10-17(21)23-16-9-8-13-6-4-5-7-15(13)18(14)16/h4-10,22H,11-12H2,1-3H3. The van der Waals surface area contributed by atoms with Crippen molar-refractivity contribution in [3.8, 4) is 0 Å². The third-order valence-electron chi connectivity index (χ3n) is 3.81. The Morgan fingerprint density at radius 3 is 2.65 bits per heavy atom. The fraction of sp³-hybridized carbons (Fsp3) is 0.316. The summed E-state index contributed by atoms with van der Waals surface area (Å²) >= 11 is 0. The van der Waals surface area contributed by atoms with Crippen LogP contribution in [0.25, 0.3) is 21.7 Å². The lowest BCUT2D eigenvalue weighted by Crippen LogP contribution is -2.36. The van der Waals surface area contributed by atoms with Crippen LogP contribution in [0, 0.1) is 0 Å². The van der Waals surface area contributed by atoms with Crippen LogP contribution in [0.5, 0.6) is 0 Å². The smallest absolute Gasteiger partial charge is 0.336 e. The van der Waals surface area contributed by atoms with E-state index >= 15 is 0 Å². The van der Waals surface area contributed by atoms with E-state index in [0.717, 1.165) is 21.7 Å². The van der Waals surface area contributed by atoms with Gasteiger partial charge in [0.05, 0.1) is 5.60 Å². The average molecular weight is 311 g/mol. The molecule has 0 bridgehead atoms. The molecule has 4 nitrogen and oxygen atoms in total. The highest BCUT2D eigenvalue weighted by molar-refractivity contribution is 6.07. The molecule has 1 aromatic heterocycles. The van der Waals surface area contributed by atoms with Crippen LogP contribution >= 0.6 is 0 Å². The van der Waals surface area contributed by atoms with Gasteiger partial charge < -0.3 is 9.52 Å². The van der Waals surface area contributed by atoms with Gasteiger partial charge in [0, 0.05) is 24.5 Å². The molecule has 0 amide bonds. The highest BCUT2D eigenvalue weighted by Gasteiger charge is 2.17. The lowest BCUT2D eigenvalue weighted by Gasteiger charge is -2.25. The van der Waals surface area contributed by atoms with Crippen LogP contribution in [0.1, 0.15) is 19.4 Å². The number of benzene rings is 2. The molecule has 0 spiro atoms. The zero-order valence-electron chi connectivity index (χ0n) is 13.7. The molecule has 23 heavy (non-hydrogen) atoms. The first-order valence-electron chi connectivity index (χ1n) is 7.69. The van der Waals surface area contributed by atoms with E-state index in [4.69, 9.17) is 4.42 Å². The van der Waals surface area contributed by atoms with Gasteiger partial charge in [0.15, 0.2) is 0 Å². The zero-order chi connectivity index (χ0) is 16.6. The van der Waals surface area contributed by atoms with Crippen molar-refractivity contribution in [1.29, 1.82) is 0 Å². The Kier molecular flexibility index (Phi) is 3.96. The number of hydrogen-bond donors (Lipinski definition) is 1. The summed E-state index contributed by atoms with van der Waals surface area (Å²) in [7, 11) is 1.93. The van der Waals surface area contributed by atoms with E-state index in [2.05, 4.69) is 0 Å². The Hall–Kier alpha value is -2.17. The molecule has 0 atom stereocenters. The first-order valence-corrected chi connectivity index (χ1v) is 7.69. The number of likely N-dealkylation sites (N-methyl/N-ethyl adjacent to an activating group) is 1. The van der Waals surface area contributed by atoms with E-state index in [1.807, 2.05) is 48.3 Å². The summed E-state index contributed by atoms with van der Waals surface area (Å²) in [6, 6.07) is 13.4. The highest BCUT2D eigenvalue weighted by Crippen LogP contribution is 2.28. The summed E-state index contributed by atoms with van der Waals surface area (Å²) in [5.74, 6) is 0. The van der Waals surface area contributed by atoms with Crippen molar-refractivity contribution in [2.24, 2.45) is 0 Å². The van der Waals surface area contributed by atoms with Crippen molar-refractivity contribution in [3.05, 3.63) is 58.4 Å². The van der Waals surface area contributed by atoms with E-state index in [-0.39, 0.29) is 5.63 Å². The second kappa shape index (κ2) is 5.80. The number of hydrogen-bond acceptors (Lipinski definition) is 4. The molecule has 3 aromatic rings. The summed E-state index contributed by atoms with van der Waals surface area (Å²) < 4.78 is 5.37. The molecule has 0 aliphatic rings. The summed E-state index contributed by atoms with van der Waals surface area (Å²) in [5, 5.41) is 13.1. The molecule has 0 aliphatic heterocycles. The van der Waals surface area contributed by atoms with Crippen LogP contribution in [0.4, 0.5) is 0 Å². The molecule has 4 heteroatoms. The van der Waals surface area contributed by atoms with Gasteiger partial charge in [-0.2, -0.15) is 0 Å². The third kappa shape index (κ3) is 3.44. The average Bonchev–Trinajstić information content (AvgIpc) is 2.44. The maximum absolute atomic E-state index is 11.9. The van der Waals surface area contributed by atoms with Crippen molar-refractivity contribution in [3.63, 3.8) is 0 Å². The molecule has 0 saturated heterocycles. The van der Waals surface area contributed by atoms with Crippen LogP contribution in [-0.4, -0.2) is 29.2 Å². The predicted octanol–water partition coefficient (Wildman–Crippen LogP) is 3.15. The fourth-order valence-corrected chi connectivity index (χ4v) is 3.15. The van der Waals surface area contributed by atoms with Crippen molar-refractivity contribution < 1.29 is 9.52 Å². The van der Waals surface area contributed by atoms with Gasteiger partial charge in [-0.15, -0.1) is 0 Å². The van der Waals surface area contributed by atoms with Crippen molar-refractivity contribution in [2.75, 3.05) is 13.6 Å². The van der Waals surface area contributed by atoms with Gasteiger partial charge in [0.1, 0.15) is 5.58 Å². The van der Waals surface area contributed by atoms with E-state index < -0.39 is 5.60 Å². The SMILES string of the molecule is CN(Cc1cc(=O)oc2ccc3ccccc3c12)CC(C)(C)O. The van der Waals surface area contributed by atoms with Crippen molar-refractivity contribution >= 4 is 21.7 Å². The minimum atomic E-state index is -0.786. The normalized spacial score (nSPS) is 12.4. The molecule has 0 unspecified atom stereocenters. The van der Waals surface area contributed by atoms with Gasteiger partial charge >= 0.3 is 5.63 Å². The molecular formula is C19H21NO3. The number of nitrogens with zero attached hydrogens (tertiary/aromatic N) is 1. The maximum atomic E-state index is 11.9. The van der Waals surface area contributed by atoms with E-state index in [9.17, 15) is 9.90 Å². The molecule has 0 saturated carbocycles. The number of fused-ring (bicyclic) bond motifs is 3. The fourth-order valence-electron chi connectivity index (χ4n) is 3.15. The van der Waals surface area contributed by atoms with Crippen LogP contribution in [-0.2, 0) is 6.54 Å². The van der Waals surface area contributed by atoms with Crippen LogP contribution in [0.2, 0.25) is 0 Å². The summed E-state index contributed by atoms with van der Waals surface area (Å²) in [6.07, 6.45) is 0. The Morgan fingerprint density at radius 2 is 1.91 bits per heavy atom. The monoisotopic (exact) mass is 311 g/mol. The molecule has 1 N–H and O–H groups in total. The largest absolute Gasteiger partial charge is 0.423 e. The first kappa shape index (κ1) is 15.7. The van der Waals surface area contributed by atoms with Crippen molar-refractivity contribution in [2.45, 2.75) is 26.0 Å². The summed E-state index contributed by atoms with van der Waals surface area (Å²) in [4.78, 5) is 13.9. The zero-order valence-corrected chi connectivity index (χ0v) is 13.7. The summed E-state index contributed by atoms with van der Waals surface area (Å²) in [5.41, 5.74) is 0.383. The molecular weight excluding hydrogens is 290 g/mol. The van der Waals surface area contributed by atoms with Gasteiger partial charge in [-0.05, 0) is 43.3 Å². The summed E-state index contributed by atoms with van der Waals surface area (Å²) in [6.45, 7) is 4.63. The van der Waals surface area contributed by atoms with E-state index in [1.54, 1.807) is 19.9 Å². The van der Waals surface area contributed by atoms with Gasteiger partial charge in [-0.1, -0.05) is 30.3 Å². The van der Waals surface area contributed by atoms with Crippen molar-refractivity contribution in [1.82, 2.24) is 4.90 Å². The Labute approximate surface area is 135 Å². The molecule has 1 heterocycles. The lowest BCUT2D eigenvalue weighted by atomic mass is 10.0. The van der Waals surface area contributed by atoms with Crippen LogP contribution < -0.4 is 5.63 Å². The van der Waals surface area contributed by atoms with E-state index in [0.29, 0.717) is 18.7 Å².